The predicted octanol–water partition coefficient (Wildman–Crippen LogP) is 2.88. The molecule has 38 heavy (non-hydrogen) atoms. The standard InChI is InChI=1S/C28H34ClN3O6/c1-31(2)23-16-10-13-9-15-19(17(33)11-14(22(15)29)12-32-7-5-3-4-6-8-32)24(34)18(13)25(35)20(16)26(36)21(27(23)37)28(30)38/h11,13,16,20,23,33-34,37H,3-10,12H2,1-2H3,(H2,30,38)/t13-,16+,20+,23-/m0/s1. The maximum absolute atomic E-state index is 13.8. The van der Waals surface area contributed by atoms with E-state index in [9.17, 15) is 29.7 Å². The summed E-state index contributed by atoms with van der Waals surface area (Å²) in [6.45, 7) is 2.49. The topological polar surface area (TPSA) is 144 Å². The van der Waals surface area contributed by atoms with Crippen LogP contribution in [0.25, 0.3) is 5.76 Å². The molecule has 9 nitrogen and oxygen atoms in total. The van der Waals surface area contributed by atoms with E-state index in [0.29, 0.717) is 30.0 Å². The number of rotatable bonds is 4. The van der Waals surface area contributed by atoms with Gasteiger partial charge in [-0.25, -0.2) is 0 Å². The lowest BCUT2D eigenvalue weighted by Gasteiger charge is -2.46. The number of carbonyl (C=O) groups is 3. The number of aliphatic hydroxyl groups excluding tert-OH is 2. The molecule has 1 aromatic rings. The number of primary amides is 1. The van der Waals surface area contributed by atoms with Crippen molar-refractivity contribution >= 4 is 34.8 Å². The van der Waals surface area contributed by atoms with Gasteiger partial charge in [-0.2, -0.15) is 0 Å². The number of nitrogens with zero attached hydrogens (tertiary/aromatic N) is 2. The van der Waals surface area contributed by atoms with Crippen LogP contribution in [0, 0.1) is 17.8 Å². The molecule has 4 aliphatic rings. The summed E-state index contributed by atoms with van der Waals surface area (Å²) in [4.78, 5) is 43.1. The molecule has 0 bridgehead atoms. The van der Waals surface area contributed by atoms with Crippen molar-refractivity contribution in [1.82, 2.24) is 9.80 Å². The summed E-state index contributed by atoms with van der Waals surface area (Å²) in [6, 6.07) is 0.784. The number of phenolic OH excluding ortho intramolecular Hbond substituents is 1. The van der Waals surface area contributed by atoms with Crippen LogP contribution in [0.5, 0.6) is 5.75 Å². The second-order valence-electron chi connectivity index (χ2n) is 11.2. The van der Waals surface area contributed by atoms with E-state index in [4.69, 9.17) is 17.3 Å². The Bertz CT molecular complexity index is 1280. The Morgan fingerprint density at radius 3 is 2.37 bits per heavy atom. The molecule has 1 saturated carbocycles. The number of hydrogen-bond donors (Lipinski definition) is 4. The first-order valence-corrected chi connectivity index (χ1v) is 13.6. The Morgan fingerprint density at radius 2 is 1.76 bits per heavy atom. The number of Topliss-reactive ketones (excluding diaryl/α,β-unsaturated/α-hetero) is 2. The molecule has 3 aliphatic carbocycles. The number of likely N-dealkylation sites (tertiary alicyclic amines) is 1. The number of aromatic hydroxyl groups is 1. The molecule has 1 saturated heterocycles. The SMILES string of the molecule is CN(C)[C@@H]1C(O)=C(C(N)=O)C(=O)[C@H]2C(=O)C3=C(O)c4c(O)cc(CN5CCCCCC5)c(Cl)c4C[C@H]3C[C@H]21. The summed E-state index contributed by atoms with van der Waals surface area (Å²) in [5, 5.41) is 33.6. The molecule has 1 heterocycles. The molecule has 5 rings (SSSR count). The third-order valence-electron chi connectivity index (χ3n) is 8.67. The maximum atomic E-state index is 13.8. The lowest BCUT2D eigenvalue weighted by atomic mass is 9.59. The van der Waals surface area contributed by atoms with Crippen molar-refractivity contribution in [2.24, 2.45) is 23.5 Å². The van der Waals surface area contributed by atoms with Gasteiger partial charge < -0.3 is 21.1 Å². The Balaban J connectivity index is 1.57. The minimum absolute atomic E-state index is 0.0569. The number of carbonyl (C=O) groups excluding carboxylic acids is 3. The van der Waals surface area contributed by atoms with E-state index < -0.39 is 52.6 Å². The zero-order valence-corrected chi connectivity index (χ0v) is 22.4. The van der Waals surface area contributed by atoms with Crippen LogP contribution < -0.4 is 5.73 Å². The largest absolute Gasteiger partial charge is 0.510 e. The normalized spacial score (nSPS) is 28.2. The molecule has 0 unspecified atom stereocenters. The summed E-state index contributed by atoms with van der Waals surface area (Å²) in [7, 11) is 3.39. The first-order chi connectivity index (χ1) is 18.0. The van der Waals surface area contributed by atoms with Gasteiger partial charge in [-0.3, -0.25) is 24.2 Å². The van der Waals surface area contributed by atoms with Crippen LogP contribution in [0.1, 0.15) is 48.8 Å². The number of fused-ring (bicyclic) bond motifs is 3. The lowest BCUT2D eigenvalue weighted by molar-refractivity contribution is -0.136. The average Bonchev–Trinajstić information content (AvgIpc) is 3.10. The molecule has 4 atom stereocenters. The first-order valence-electron chi connectivity index (χ1n) is 13.2. The zero-order chi connectivity index (χ0) is 27.5. The number of allylic oxidation sites excluding steroid dienone is 1. The molecular weight excluding hydrogens is 510 g/mol. The van der Waals surface area contributed by atoms with E-state index in [1.165, 1.54) is 12.8 Å². The van der Waals surface area contributed by atoms with E-state index in [0.717, 1.165) is 31.5 Å². The molecule has 5 N–H and O–H groups in total. The van der Waals surface area contributed by atoms with Gasteiger partial charge in [0.1, 0.15) is 22.8 Å². The number of hydrogen-bond acceptors (Lipinski definition) is 8. The fourth-order valence-electron chi connectivity index (χ4n) is 7.02. The van der Waals surface area contributed by atoms with Gasteiger partial charge in [-0.1, -0.05) is 24.4 Å². The predicted molar refractivity (Wildman–Crippen MR) is 142 cm³/mol. The van der Waals surface area contributed by atoms with Crippen LogP contribution in [0.15, 0.2) is 23.0 Å². The van der Waals surface area contributed by atoms with Crippen LogP contribution in [-0.2, 0) is 27.3 Å². The summed E-state index contributed by atoms with van der Waals surface area (Å²) in [6.07, 6.45) is 5.21. The van der Waals surface area contributed by atoms with Gasteiger partial charge >= 0.3 is 0 Å². The Hall–Kier alpha value is -2.88. The van der Waals surface area contributed by atoms with Crippen molar-refractivity contribution in [3.8, 4) is 5.75 Å². The van der Waals surface area contributed by atoms with Crippen molar-refractivity contribution in [3.05, 3.63) is 44.7 Å². The highest BCUT2D eigenvalue weighted by atomic mass is 35.5. The fourth-order valence-corrected chi connectivity index (χ4v) is 7.31. The number of phenols is 1. The number of ketones is 2. The second-order valence-corrected chi connectivity index (χ2v) is 11.6. The second kappa shape index (κ2) is 10.0. The number of halogens is 1. The Kier molecular flexibility index (Phi) is 7.04. The molecule has 1 amide bonds. The van der Waals surface area contributed by atoms with Crippen LogP contribution in [0.2, 0.25) is 5.02 Å². The minimum atomic E-state index is -1.27. The van der Waals surface area contributed by atoms with E-state index >= 15 is 0 Å². The van der Waals surface area contributed by atoms with E-state index in [1.54, 1.807) is 25.1 Å². The average molecular weight is 544 g/mol. The molecule has 2 fully saturated rings. The number of nitrogens with two attached hydrogens (primary N) is 1. The van der Waals surface area contributed by atoms with Gasteiger partial charge in [0.25, 0.3) is 5.91 Å². The Labute approximate surface area is 226 Å². The molecule has 0 aromatic heterocycles. The van der Waals surface area contributed by atoms with Crippen molar-refractivity contribution in [2.45, 2.75) is 51.1 Å². The number of likely N-dealkylation sites (N-methyl/N-ethyl adjacent to an activating group) is 1. The summed E-state index contributed by atoms with van der Waals surface area (Å²) < 4.78 is 0. The summed E-state index contributed by atoms with van der Waals surface area (Å²) >= 11 is 6.89. The van der Waals surface area contributed by atoms with Crippen molar-refractivity contribution in [2.75, 3.05) is 27.2 Å². The minimum Gasteiger partial charge on any atom is -0.510 e. The lowest BCUT2D eigenvalue weighted by Crippen LogP contribution is -2.55. The fraction of sp³-hybridized carbons (Fsp3) is 0.536. The third-order valence-corrected chi connectivity index (χ3v) is 9.14. The van der Waals surface area contributed by atoms with Crippen LogP contribution in [-0.4, -0.2) is 75.8 Å². The molecule has 204 valence electrons. The van der Waals surface area contributed by atoms with Crippen molar-refractivity contribution < 1.29 is 29.7 Å². The van der Waals surface area contributed by atoms with E-state index in [1.807, 2.05) is 0 Å². The molecule has 1 aliphatic heterocycles. The smallest absolute Gasteiger partial charge is 0.255 e. The van der Waals surface area contributed by atoms with Crippen molar-refractivity contribution in [1.29, 1.82) is 0 Å². The molecule has 0 spiro atoms. The van der Waals surface area contributed by atoms with Crippen LogP contribution >= 0.6 is 11.6 Å². The Morgan fingerprint density at radius 1 is 1.11 bits per heavy atom. The molecular formula is C28H34ClN3O6. The highest BCUT2D eigenvalue weighted by Gasteiger charge is 2.55. The van der Waals surface area contributed by atoms with Gasteiger partial charge in [-0.15, -0.1) is 0 Å². The monoisotopic (exact) mass is 543 g/mol. The molecule has 0 radical (unpaired) electrons. The number of amides is 1. The quantitative estimate of drug-likeness (QED) is 0.335. The van der Waals surface area contributed by atoms with Gasteiger partial charge in [0.05, 0.1) is 17.5 Å². The summed E-state index contributed by atoms with van der Waals surface area (Å²) in [5.74, 6) is -5.87. The molecule has 1 aromatic carbocycles. The molecule has 10 heteroatoms. The van der Waals surface area contributed by atoms with E-state index in [2.05, 4.69) is 4.90 Å². The van der Waals surface area contributed by atoms with Gasteiger partial charge in [0.2, 0.25) is 0 Å². The van der Waals surface area contributed by atoms with E-state index in [-0.39, 0.29) is 22.6 Å². The van der Waals surface area contributed by atoms with Gasteiger partial charge in [0, 0.05) is 17.1 Å². The number of aliphatic hydroxyl groups is 2. The third kappa shape index (κ3) is 4.21. The van der Waals surface area contributed by atoms with Gasteiger partial charge in [-0.05, 0) is 81.9 Å². The highest BCUT2D eigenvalue weighted by molar-refractivity contribution is 6.33. The highest BCUT2D eigenvalue weighted by Crippen LogP contribution is 2.51. The summed E-state index contributed by atoms with van der Waals surface area (Å²) in [5.41, 5.74) is 6.36. The van der Waals surface area contributed by atoms with Crippen LogP contribution in [0.3, 0.4) is 0 Å². The zero-order valence-electron chi connectivity index (χ0n) is 21.7. The number of benzene rings is 1. The first kappa shape index (κ1) is 26.7. The van der Waals surface area contributed by atoms with Crippen molar-refractivity contribution in [3.63, 3.8) is 0 Å². The van der Waals surface area contributed by atoms with Crippen LogP contribution in [0.4, 0.5) is 0 Å². The maximum Gasteiger partial charge on any atom is 0.255 e. The van der Waals surface area contributed by atoms with Gasteiger partial charge in [0.15, 0.2) is 11.6 Å².